The van der Waals surface area contributed by atoms with Gasteiger partial charge in [0.2, 0.25) is 0 Å². The number of fused-ring (bicyclic) bond motifs is 1. The Labute approximate surface area is 125 Å². The smallest absolute Gasteiger partial charge is 0.138 e. The van der Waals surface area contributed by atoms with Gasteiger partial charge in [-0.1, -0.05) is 31.2 Å². The molecule has 21 heavy (non-hydrogen) atoms. The molecular formula is C18H18N2O. The Kier molecular flexibility index (Phi) is 3.53. The van der Waals surface area contributed by atoms with Crippen LogP contribution in [0.4, 0.5) is 5.69 Å². The minimum atomic E-state index is -0.00863. The first-order valence-corrected chi connectivity index (χ1v) is 7.23. The second-order valence-corrected chi connectivity index (χ2v) is 5.62. The normalized spacial score (nSPS) is 20.4. The number of aryl methyl sites for hydroxylation is 1. The van der Waals surface area contributed by atoms with E-state index in [4.69, 9.17) is 10.5 Å². The first-order valence-electron chi connectivity index (χ1n) is 7.23. The second kappa shape index (κ2) is 5.49. The molecule has 1 aliphatic carbocycles. The maximum atomic E-state index is 9.25. The van der Waals surface area contributed by atoms with Crippen LogP contribution < -0.4 is 10.5 Å². The van der Waals surface area contributed by atoms with Crippen molar-refractivity contribution in [2.24, 2.45) is 5.92 Å². The minimum absolute atomic E-state index is 0.00863. The standard InChI is InChI=1S/C18H18N2O/c1-12-6-7-13-4-2-3-5-16(13)18(12)21-17-9-8-15(20)10-14(17)11-19/h2-5,8-10,12,18H,6-7,20H2,1H3/t12?,18-/m1/s1. The van der Waals surface area contributed by atoms with Crippen LogP contribution >= 0.6 is 0 Å². The molecule has 0 spiro atoms. The molecule has 0 aromatic heterocycles. The molecular weight excluding hydrogens is 260 g/mol. The maximum Gasteiger partial charge on any atom is 0.138 e. The van der Waals surface area contributed by atoms with Gasteiger partial charge >= 0.3 is 0 Å². The SMILES string of the molecule is CC1CCc2ccccc2[C@@H]1Oc1ccc(N)cc1C#N. The molecule has 0 saturated heterocycles. The van der Waals surface area contributed by atoms with Gasteiger partial charge in [0.15, 0.2) is 0 Å². The third-order valence-corrected chi connectivity index (χ3v) is 4.13. The molecule has 2 atom stereocenters. The Bertz CT molecular complexity index is 703. The number of benzene rings is 2. The van der Waals surface area contributed by atoms with E-state index in [1.807, 2.05) is 6.07 Å². The second-order valence-electron chi connectivity index (χ2n) is 5.62. The molecule has 0 heterocycles. The Morgan fingerprint density at radius 1 is 1.24 bits per heavy atom. The molecule has 3 rings (SSSR count). The van der Waals surface area contributed by atoms with Gasteiger partial charge in [-0.05, 0) is 48.1 Å². The Morgan fingerprint density at radius 2 is 2.05 bits per heavy atom. The van der Waals surface area contributed by atoms with Crippen molar-refractivity contribution in [3.8, 4) is 11.8 Å². The summed E-state index contributed by atoms with van der Waals surface area (Å²) >= 11 is 0. The number of nitrogens with zero attached hydrogens (tertiary/aromatic N) is 1. The predicted molar refractivity (Wildman–Crippen MR) is 82.9 cm³/mol. The summed E-state index contributed by atoms with van der Waals surface area (Å²) in [7, 11) is 0. The van der Waals surface area contributed by atoms with Gasteiger partial charge < -0.3 is 10.5 Å². The molecule has 2 aromatic carbocycles. The lowest BCUT2D eigenvalue weighted by atomic mass is 9.82. The number of nitrogen functional groups attached to an aromatic ring is 1. The van der Waals surface area contributed by atoms with E-state index in [-0.39, 0.29) is 6.10 Å². The van der Waals surface area contributed by atoms with E-state index in [1.165, 1.54) is 11.1 Å². The number of hydrogen-bond acceptors (Lipinski definition) is 3. The van der Waals surface area contributed by atoms with Crippen LogP contribution in [-0.2, 0) is 6.42 Å². The van der Waals surface area contributed by atoms with Gasteiger partial charge in [-0.2, -0.15) is 5.26 Å². The highest BCUT2D eigenvalue weighted by atomic mass is 16.5. The van der Waals surface area contributed by atoms with Crippen molar-refractivity contribution < 1.29 is 4.74 Å². The quantitative estimate of drug-likeness (QED) is 0.849. The zero-order chi connectivity index (χ0) is 14.8. The summed E-state index contributed by atoms with van der Waals surface area (Å²) in [5.41, 5.74) is 9.38. The van der Waals surface area contributed by atoms with Gasteiger partial charge in [0.05, 0.1) is 5.56 Å². The fourth-order valence-corrected chi connectivity index (χ4v) is 2.93. The fourth-order valence-electron chi connectivity index (χ4n) is 2.93. The van der Waals surface area contributed by atoms with Gasteiger partial charge in [0.1, 0.15) is 17.9 Å². The van der Waals surface area contributed by atoms with Crippen LogP contribution in [0.2, 0.25) is 0 Å². The number of rotatable bonds is 2. The summed E-state index contributed by atoms with van der Waals surface area (Å²) < 4.78 is 6.19. The van der Waals surface area contributed by atoms with E-state index in [9.17, 15) is 5.26 Å². The largest absolute Gasteiger partial charge is 0.484 e. The molecule has 2 aromatic rings. The van der Waals surface area contributed by atoms with E-state index in [1.54, 1.807) is 18.2 Å². The highest BCUT2D eigenvalue weighted by Crippen LogP contribution is 2.38. The van der Waals surface area contributed by atoms with Crippen molar-refractivity contribution in [3.05, 3.63) is 59.2 Å². The first-order chi connectivity index (χ1) is 10.2. The zero-order valence-corrected chi connectivity index (χ0v) is 12.0. The Morgan fingerprint density at radius 3 is 2.86 bits per heavy atom. The van der Waals surface area contributed by atoms with Crippen LogP contribution in [0.3, 0.4) is 0 Å². The Balaban J connectivity index is 1.97. The molecule has 0 radical (unpaired) electrons. The number of hydrogen-bond donors (Lipinski definition) is 1. The van der Waals surface area contributed by atoms with Gasteiger partial charge in [0.25, 0.3) is 0 Å². The van der Waals surface area contributed by atoms with Gasteiger partial charge in [-0.15, -0.1) is 0 Å². The van der Waals surface area contributed by atoms with Crippen molar-refractivity contribution in [2.75, 3.05) is 5.73 Å². The summed E-state index contributed by atoms with van der Waals surface area (Å²) in [5, 5.41) is 9.25. The molecule has 0 amide bonds. The van der Waals surface area contributed by atoms with E-state index in [0.717, 1.165) is 12.8 Å². The van der Waals surface area contributed by atoms with Crippen molar-refractivity contribution in [1.29, 1.82) is 5.26 Å². The molecule has 0 bridgehead atoms. The van der Waals surface area contributed by atoms with Crippen molar-refractivity contribution in [3.63, 3.8) is 0 Å². The average molecular weight is 278 g/mol. The molecule has 2 N–H and O–H groups in total. The van der Waals surface area contributed by atoms with E-state index in [2.05, 4.69) is 31.2 Å². The van der Waals surface area contributed by atoms with E-state index < -0.39 is 0 Å². The zero-order valence-electron chi connectivity index (χ0n) is 12.0. The first kappa shape index (κ1) is 13.5. The summed E-state index contributed by atoms with van der Waals surface area (Å²) in [6.45, 7) is 2.20. The summed E-state index contributed by atoms with van der Waals surface area (Å²) in [4.78, 5) is 0. The topological polar surface area (TPSA) is 59.0 Å². The molecule has 0 saturated carbocycles. The van der Waals surface area contributed by atoms with Crippen LogP contribution in [0.15, 0.2) is 42.5 Å². The van der Waals surface area contributed by atoms with Crippen LogP contribution in [-0.4, -0.2) is 0 Å². The third-order valence-electron chi connectivity index (χ3n) is 4.13. The van der Waals surface area contributed by atoms with Crippen molar-refractivity contribution in [2.45, 2.75) is 25.9 Å². The van der Waals surface area contributed by atoms with E-state index in [0.29, 0.717) is 22.9 Å². The van der Waals surface area contributed by atoms with Crippen LogP contribution in [0, 0.1) is 17.2 Å². The van der Waals surface area contributed by atoms with Gasteiger partial charge in [-0.25, -0.2) is 0 Å². The molecule has 1 unspecified atom stereocenters. The molecule has 3 nitrogen and oxygen atoms in total. The summed E-state index contributed by atoms with van der Waals surface area (Å²) in [6.07, 6.45) is 2.17. The highest BCUT2D eigenvalue weighted by molar-refractivity contribution is 5.53. The average Bonchev–Trinajstić information content (AvgIpc) is 2.51. The molecule has 1 aliphatic rings. The Hall–Kier alpha value is -2.47. The maximum absolute atomic E-state index is 9.25. The molecule has 3 heteroatoms. The molecule has 106 valence electrons. The number of nitriles is 1. The monoisotopic (exact) mass is 278 g/mol. The fraction of sp³-hybridized carbons (Fsp3) is 0.278. The lowest BCUT2D eigenvalue weighted by Crippen LogP contribution is -2.23. The summed E-state index contributed by atoms with van der Waals surface area (Å²) in [6, 6.07) is 15.8. The van der Waals surface area contributed by atoms with Crippen LogP contribution in [0.1, 0.15) is 36.1 Å². The van der Waals surface area contributed by atoms with Gasteiger partial charge in [0, 0.05) is 5.69 Å². The van der Waals surface area contributed by atoms with Crippen LogP contribution in [0.25, 0.3) is 0 Å². The molecule has 0 fully saturated rings. The van der Waals surface area contributed by atoms with Gasteiger partial charge in [-0.3, -0.25) is 0 Å². The lowest BCUT2D eigenvalue weighted by Gasteiger charge is -2.32. The summed E-state index contributed by atoms with van der Waals surface area (Å²) in [5.74, 6) is 1.03. The highest BCUT2D eigenvalue weighted by Gasteiger charge is 2.28. The van der Waals surface area contributed by atoms with Crippen LogP contribution in [0.5, 0.6) is 5.75 Å². The lowest BCUT2D eigenvalue weighted by molar-refractivity contribution is 0.129. The molecule has 0 aliphatic heterocycles. The minimum Gasteiger partial charge on any atom is -0.484 e. The van der Waals surface area contributed by atoms with Crippen molar-refractivity contribution in [1.82, 2.24) is 0 Å². The number of anilines is 1. The van der Waals surface area contributed by atoms with E-state index >= 15 is 0 Å². The third kappa shape index (κ3) is 2.57. The predicted octanol–water partition coefficient (Wildman–Crippen LogP) is 3.84. The van der Waals surface area contributed by atoms with Crippen molar-refractivity contribution >= 4 is 5.69 Å². The number of ether oxygens (including phenoxy) is 1. The number of nitrogens with two attached hydrogens (primary N) is 1.